The SMILES string of the molecule is Cc1nn(C)c(C)c1S(=O)(=O)Nc1cccc(C(=O)O)n1. The van der Waals surface area contributed by atoms with Gasteiger partial charge in [-0.1, -0.05) is 6.07 Å². The molecule has 0 bridgehead atoms. The van der Waals surface area contributed by atoms with Crippen molar-refractivity contribution < 1.29 is 18.3 Å². The lowest BCUT2D eigenvalue weighted by molar-refractivity contribution is 0.0690. The zero-order chi connectivity index (χ0) is 15.8. The Morgan fingerprint density at radius 3 is 2.52 bits per heavy atom. The normalized spacial score (nSPS) is 11.4. The fourth-order valence-corrected chi connectivity index (χ4v) is 3.38. The van der Waals surface area contributed by atoms with Crippen LogP contribution in [-0.4, -0.2) is 34.3 Å². The molecule has 2 N–H and O–H groups in total. The summed E-state index contributed by atoms with van der Waals surface area (Å²) in [7, 11) is -2.24. The third-order valence-electron chi connectivity index (χ3n) is 2.92. The number of rotatable bonds is 4. The van der Waals surface area contributed by atoms with Crippen LogP contribution in [0.25, 0.3) is 0 Å². The van der Waals surface area contributed by atoms with Crippen LogP contribution in [0.4, 0.5) is 5.82 Å². The molecule has 21 heavy (non-hydrogen) atoms. The number of aromatic nitrogens is 3. The van der Waals surface area contributed by atoms with E-state index in [1.165, 1.54) is 22.9 Å². The lowest BCUT2D eigenvalue weighted by atomic mass is 10.3. The van der Waals surface area contributed by atoms with E-state index >= 15 is 0 Å². The second-order valence-corrected chi connectivity index (χ2v) is 6.06. The zero-order valence-corrected chi connectivity index (χ0v) is 12.5. The van der Waals surface area contributed by atoms with E-state index in [0.717, 1.165) is 0 Å². The summed E-state index contributed by atoms with van der Waals surface area (Å²) >= 11 is 0. The highest BCUT2D eigenvalue weighted by atomic mass is 32.2. The van der Waals surface area contributed by atoms with E-state index in [9.17, 15) is 13.2 Å². The molecule has 0 amide bonds. The molecule has 2 aromatic rings. The first kappa shape index (κ1) is 15.0. The Balaban J connectivity index is 2.42. The van der Waals surface area contributed by atoms with Crippen molar-refractivity contribution in [2.24, 2.45) is 7.05 Å². The van der Waals surface area contributed by atoms with Gasteiger partial charge in [-0.2, -0.15) is 5.10 Å². The van der Waals surface area contributed by atoms with Crippen LogP contribution in [0.5, 0.6) is 0 Å². The second-order valence-electron chi connectivity index (χ2n) is 4.44. The van der Waals surface area contributed by atoms with Crippen LogP contribution in [0.3, 0.4) is 0 Å². The number of pyridine rings is 1. The lowest BCUT2D eigenvalue weighted by Gasteiger charge is -2.08. The van der Waals surface area contributed by atoms with Gasteiger partial charge in [0.2, 0.25) is 0 Å². The van der Waals surface area contributed by atoms with Crippen LogP contribution < -0.4 is 4.72 Å². The number of carbonyl (C=O) groups is 1. The Labute approximate surface area is 121 Å². The van der Waals surface area contributed by atoms with E-state index in [4.69, 9.17) is 5.11 Å². The summed E-state index contributed by atoms with van der Waals surface area (Å²) < 4.78 is 28.5. The first-order valence-electron chi connectivity index (χ1n) is 5.95. The average molecular weight is 310 g/mol. The van der Waals surface area contributed by atoms with Gasteiger partial charge in [0.1, 0.15) is 10.7 Å². The number of carboxylic acids is 1. The van der Waals surface area contributed by atoms with Crippen molar-refractivity contribution >= 4 is 21.8 Å². The predicted molar refractivity (Wildman–Crippen MR) is 74.7 cm³/mol. The molecule has 0 spiro atoms. The highest BCUT2D eigenvalue weighted by molar-refractivity contribution is 7.92. The molecule has 9 heteroatoms. The molecule has 2 heterocycles. The fraction of sp³-hybridized carbons (Fsp3) is 0.250. The van der Waals surface area contributed by atoms with Crippen LogP contribution in [0, 0.1) is 13.8 Å². The number of aryl methyl sites for hydroxylation is 2. The van der Waals surface area contributed by atoms with E-state index in [1.54, 1.807) is 20.9 Å². The van der Waals surface area contributed by atoms with Crippen LogP contribution in [0.1, 0.15) is 21.9 Å². The lowest BCUT2D eigenvalue weighted by Crippen LogP contribution is -2.16. The zero-order valence-electron chi connectivity index (χ0n) is 11.7. The predicted octanol–water partition coefficient (Wildman–Crippen LogP) is 0.931. The molecule has 0 fully saturated rings. The maximum absolute atomic E-state index is 12.4. The average Bonchev–Trinajstić information content (AvgIpc) is 2.63. The maximum atomic E-state index is 12.4. The topological polar surface area (TPSA) is 114 Å². The number of anilines is 1. The van der Waals surface area contributed by atoms with Gasteiger partial charge in [-0.15, -0.1) is 0 Å². The molecular formula is C12H14N4O4S. The molecule has 0 saturated heterocycles. The standard InChI is InChI=1S/C12H14N4O4S/c1-7-11(8(2)16(3)14-7)21(19,20)15-10-6-4-5-9(13-10)12(17)18/h4-6H,1-3H3,(H,13,15)(H,17,18). The molecule has 2 rings (SSSR count). The molecule has 0 aliphatic carbocycles. The molecule has 0 atom stereocenters. The minimum atomic E-state index is -3.89. The van der Waals surface area contributed by atoms with Crippen molar-refractivity contribution in [3.63, 3.8) is 0 Å². The Kier molecular flexibility index (Phi) is 3.69. The van der Waals surface area contributed by atoms with Crippen molar-refractivity contribution in [2.45, 2.75) is 18.7 Å². The monoisotopic (exact) mass is 310 g/mol. The van der Waals surface area contributed by atoms with Gasteiger partial charge in [-0.05, 0) is 26.0 Å². The van der Waals surface area contributed by atoms with Gasteiger partial charge in [0.25, 0.3) is 10.0 Å². The third-order valence-corrected chi connectivity index (χ3v) is 4.52. The number of hydrogen-bond donors (Lipinski definition) is 2. The molecule has 2 aromatic heterocycles. The summed E-state index contributed by atoms with van der Waals surface area (Å²) in [6.45, 7) is 3.22. The summed E-state index contributed by atoms with van der Waals surface area (Å²) in [5.74, 6) is -1.29. The van der Waals surface area contributed by atoms with E-state index in [-0.39, 0.29) is 16.4 Å². The van der Waals surface area contributed by atoms with E-state index in [1.807, 2.05) is 0 Å². The minimum Gasteiger partial charge on any atom is -0.477 e. The number of sulfonamides is 1. The second kappa shape index (κ2) is 5.17. The Morgan fingerprint density at radius 1 is 1.33 bits per heavy atom. The van der Waals surface area contributed by atoms with E-state index in [0.29, 0.717) is 11.4 Å². The minimum absolute atomic E-state index is 0.0578. The number of hydrogen-bond acceptors (Lipinski definition) is 5. The summed E-state index contributed by atoms with van der Waals surface area (Å²) in [4.78, 5) is 14.6. The van der Waals surface area contributed by atoms with Crippen molar-refractivity contribution in [3.8, 4) is 0 Å². The Morgan fingerprint density at radius 2 is 2.00 bits per heavy atom. The van der Waals surface area contributed by atoms with Gasteiger partial charge in [0.15, 0.2) is 5.69 Å². The molecule has 8 nitrogen and oxygen atoms in total. The van der Waals surface area contributed by atoms with Crippen LogP contribution in [0.2, 0.25) is 0 Å². The maximum Gasteiger partial charge on any atom is 0.354 e. The van der Waals surface area contributed by atoms with Crippen LogP contribution in [-0.2, 0) is 17.1 Å². The number of nitrogens with one attached hydrogen (secondary N) is 1. The summed E-state index contributed by atoms with van der Waals surface area (Å²) in [5, 5.41) is 12.9. The smallest absolute Gasteiger partial charge is 0.354 e. The van der Waals surface area contributed by atoms with Crippen molar-refractivity contribution in [1.29, 1.82) is 0 Å². The molecule has 0 saturated carbocycles. The van der Waals surface area contributed by atoms with Gasteiger partial charge < -0.3 is 5.11 Å². The van der Waals surface area contributed by atoms with Gasteiger partial charge >= 0.3 is 5.97 Å². The molecule has 0 aliphatic rings. The van der Waals surface area contributed by atoms with Gasteiger partial charge in [0, 0.05) is 7.05 Å². The quantitative estimate of drug-likeness (QED) is 0.868. The summed E-state index contributed by atoms with van der Waals surface area (Å²) in [6.07, 6.45) is 0. The van der Waals surface area contributed by atoms with Crippen molar-refractivity contribution in [3.05, 3.63) is 35.3 Å². The molecule has 0 unspecified atom stereocenters. The highest BCUT2D eigenvalue weighted by Crippen LogP contribution is 2.21. The summed E-state index contributed by atoms with van der Waals surface area (Å²) in [6, 6.07) is 4.07. The Bertz CT molecular complexity index is 811. The fourth-order valence-electron chi connectivity index (χ4n) is 1.94. The van der Waals surface area contributed by atoms with Crippen molar-refractivity contribution in [1.82, 2.24) is 14.8 Å². The van der Waals surface area contributed by atoms with Gasteiger partial charge in [0.05, 0.1) is 11.4 Å². The van der Waals surface area contributed by atoms with Crippen molar-refractivity contribution in [2.75, 3.05) is 4.72 Å². The van der Waals surface area contributed by atoms with E-state index < -0.39 is 16.0 Å². The van der Waals surface area contributed by atoms with Crippen LogP contribution >= 0.6 is 0 Å². The van der Waals surface area contributed by atoms with E-state index in [2.05, 4.69) is 14.8 Å². The third kappa shape index (κ3) is 2.87. The molecule has 0 radical (unpaired) electrons. The van der Waals surface area contributed by atoms with Crippen LogP contribution in [0.15, 0.2) is 23.1 Å². The Hall–Kier alpha value is -2.42. The van der Waals surface area contributed by atoms with Gasteiger partial charge in [-0.25, -0.2) is 18.2 Å². The molecule has 0 aromatic carbocycles. The highest BCUT2D eigenvalue weighted by Gasteiger charge is 2.24. The number of nitrogens with zero attached hydrogens (tertiary/aromatic N) is 3. The molecular weight excluding hydrogens is 296 g/mol. The molecule has 112 valence electrons. The number of aromatic carboxylic acids is 1. The first-order chi connectivity index (χ1) is 9.72. The largest absolute Gasteiger partial charge is 0.477 e. The number of carboxylic acid groups (broad SMARTS) is 1. The summed E-state index contributed by atoms with van der Waals surface area (Å²) in [5.41, 5.74) is 0.598. The first-order valence-corrected chi connectivity index (χ1v) is 7.44. The van der Waals surface area contributed by atoms with Gasteiger partial charge in [-0.3, -0.25) is 9.40 Å². The molecule has 0 aliphatic heterocycles.